The first-order valence-electron chi connectivity index (χ1n) is 9.31. The smallest absolute Gasteiger partial charge is 0.348 e. The number of fused-ring (bicyclic) bond motifs is 1. The third-order valence-electron chi connectivity index (χ3n) is 4.72. The molecule has 29 heavy (non-hydrogen) atoms. The zero-order valence-electron chi connectivity index (χ0n) is 16.5. The Kier molecular flexibility index (Phi) is 4.76. The predicted octanol–water partition coefficient (Wildman–Crippen LogP) is 4.50. The highest BCUT2D eigenvalue weighted by Crippen LogP contribution is 2.23. The van der Waals surface area contributed by atoms with E-state index in [4.69, 9.17) is 4.42 Å². The Balaban J connectivity index is 1.64. The zero-order valence-corrected chi connectivity index (χ0v) is 16.5. The summed E-state index contributed by atoms with van der Waals surface area (Å²) in [5.74, 6) is 0.216. The monoisotopic (exact) mass is 387 g/mol. The van der Waals surface area contributed by atoms with Gasteiger partial charge in [-0.15, -0.1) is 0 Å². The van der Waals surface area contributed by atoms with Crippen LogP contribution in [0.4, 0.5) is 5.69 Å². The fraction of sp³-hybridized carbons (Fsp3) is 0.174. The van der Waals surface area contributed by atoms with Gasteiger partial charge in [-0.1, -0.05) is 29.8 Å². The van der Waals surface area contributed by atoms with Crippen LogP contribution < -0.4 is 5.63 Å². The van der Waals surface area contributed by atoms with Gasteiger partial charge in [0.1, 0.15) is 17.1 Å². The Labute approximate surface area is 167 Å². The molecule has 4 rings (SSSR count). The third-order valence-corrected chi connectivity index (χ3v) is 4.72. The Morgan fingerprint density at radius 3 is 2.62 bits per heavy atom. The van der Waals surface area contributed by atoms with Crippen molar-refractivity contribution in [3.8, 4) is 5.75 Å². The molecule has 146 valence electrons. The van der Waals surface area contributed by atoms with Gasteiger partial charge in [0.15, 0.2) is 0 Å². The lowest BCUT2D eigenvalue weighted by Crippen LogP contribution is -2.12. The first-order chi connectivity index (χ1) is 13.9. The van der Waals surface area contributed by atoms with Gasteiger partial charge in [0.2, 0.25) is 0 Å². The van der Waals surface area contributed by atoms with E-state index in [1.165, 1.54) is 17.2 Å². The van der Waals surface area contributed by atoms with E-state index < -0.39 is 5.63 Å². The van der Waals surface area contributed by atoms with E-state index in [1.54, 1.807) is 13.8 Å². The van der Waals surface area contributed by atoms with Gasteiger partial charge in [0.05, 0.1) is 23.5 Å². The van der Waals surface area contributed by atoms with Crippen molar-refractivity contribution in [2.45, 2.75) is 27.3 Å². The number of rotatable bonds is 4. The minimum absolute atomic E-state index is 0.0700. The summed E-state index contributed by atoms with van der Waals surface area (Å²) in [4.78, 5) is 16.6. The van der Waals surface area contributed by atoms with Crippen LogP contribution in [0.5, 0.6) is 5.75 Å². The van der Waals surface area contributed by atoms with E-state index in [-0.39, 0.29) is 11.3 Å². The van der Waals surface area contributed by atoms with Crippen LogP contribution >= 0.6 is 0 Å². The quantitative estimate of drug-likeness (QED) is 0.523. The van der Waals surface area contributed by atoms with Crippen molar-refractivity contribution in [1.82, 2.24) is 9.78 Å². The summed E-state index contributed by atoms with van der Waals surface area (Å²) in [5.41, 5.74) is 3.72. The van der Waals surface area contributed by atoms with E-state index in [2.05, 4.69) is 41.3 Å². The van der Waals surface area contributed by atoms with Crippen molar-refractivity contribution < 1.29 is 9.52 Å². The number of aliphatic imine (C=N–C) groups is 1. The van der Waals surface area contributed by atoms with E-state index in [0.717, 1.165) is 10.9 Å². The van der Waals surface area contributed by atoms with Gasteiger partial charge < -0.3 is 9.52 Å². The van der Waals surface area contributed by atoms with Crippen LogP contribution in [0.3, 0.4) is 0 Å². The average Bonchev–Trinajstić information content (AvgIpc) is 3.04. The maximum atomic E-state index is 12.1. The molecule has 0 aliphatic carbocycles. The summed E-state index contributed by atoms with van der Waals surface area (Å²) < 4.78 is 6.97. The molecule has 0 saturated carbocycles. The summed E-state index contributed by atoms with van der Waals surface area (Å²) in [5, 5.41) is 15.7. The summed E-state index contributed by atoms with van der Waals surface area (Å²) in [6.07, 6.45) is 2.00. The lowest BCUT2D eigenvalue weighted by molar-refractivity contribution is 0.432. The van der Waals surface area contributed by atoms with E-state index >= 15 is 0 Å². The maximum Gasteiger partial charge on any atom is 0.348 e. The SMILES string of the molecule is CC(=Nc1ccc2cn(Cc3ccc(C)cc3)nc2c1)c1c(O)cc(C)oc1=O. The van der Waals surface area contributed by atoms with Crippen molar-refractivity contribution >= 4 is 22.3 Å². The van der Waals surface area contributed by atoms with Crippen LogP contribution in [0, 0.1) is 13.8 Å². The van der Waals surface area contributed by atoms with Crippen LogP contribution in [-0.4, -0.2) is 20.6 Å². The minimum Gasteiger partial charge on any atom is -0.507 e. The molecular formula is C23H21N3O3. The second kappa shape index (κ2) is 7.39. The molecule has 0 amide bonds. The Morgan fingerprint density at radius 2 is 1.90 bits per heavy atom. The Hall–Kier alpha value is -3.67. The molecule has 0 saturated heterocycles. The standard InChI is InChI=1S/C23H21N3O3/c1-14-4-6-17(7-5-14)12-26-13-18-8-9-19(11-20(18)25-26)24-16(3)22-21(27)10-15(2)29-23(22)28/h4-11,13,27H,12H2,1-3H3. The van der Waals surface area contributed by atoms with Crippen LogP contribution in [-0.2, 0) is 6.54 Å². The number of nitrogens with zero attached hydrogens (tertiary/aromatic N) is 3. The fourth-order valence-electron chi connectivity index (χ4n) is 3.27. The molecule has 2 aromatic heterocycles. The molecule has 6 heteroatoms. The molecule has 0 spiro atoms. The second-order valence-corrected chi connectivity index (χ2v) is 7.16. The molecule has 0 unspecified atom stereocenters. The summed E-state index contributed by atoms with van der Waals surface area (Å²) in [7, 11) is 0. The Morgan fingerprint density at radius 1 is 1.14 bits per heavy atom. The highest BCUT2D eigenvalue weighted by Gasteiger charge is 2.13. The number of hydrogen-bond donors (Lipinski definition) is 1. The minimum atomic E-state index is -0.604. The van der Waals surface area contributed by atoms with Gasteiger partial charge in [0.25, 0.3) is 0 Å². The zero-order chi connectivity index (χ0) is 20.5. The van der Waals surface area contributed by atoms with Gasteiger partial charge in [-0.05, 0) is 44.5 Å². The lowest BCUT2D eigenvalue weighted by Gasteiger charge is -2.03. The predicted molar refractivity (Wildman–Crippen MR) is 113 cm³/mol. The average molecular weight is 387 g/mol. The first kappa shape index (κ1) is 18.7. The molecule has 0 aliphatic rings. The summed E-state index contributed by atoms with van der Waals surface area (Å²) >= 11 is 0. The van der Waals surface area contributed by atoms with Crippen LogP contribution in [0.2, 0.25) is 0 Å². The third kappa shape index (κ3) is 3.96. The van der Waals surface area contributed by atoms with Crippen molar-refractivity contribution in [3.05, 3.63) is 87.6 Å². The van der Waals surface area contributed by atoms with Gasteiger partial charge in [0, 0.05) is 17.6 Å². The van der Waals surface area contributed by atoms with Gasteiger partial charge >= 0.3 is 5.63 Å². The van der Waals surface area contributed by atoms with Gasteiger partial charge in [-0.25, -0.2) is 4.79 Å². The lowest BCUT2D eigenvalue weighted by atomic mass is 10.1. The number of aromatic hydroxyl groups is 1. The highest BCUT2D eigenvalue weighted by molar-refractivity contribution is 6.02. The molecular weight excluding hydrogens is 366 g/mol. The number of hydrogen-bond acceptors (Lipinski definition) is 5. The molecule has 0 bridgehead atoms. The molecule has 0 radical (unpaired) electrons. The first-order valence-corrected chi connectivity index (χ1v) is 9.31. The topological polar surface area (TPSA) is 80.6 Å². The van der Waals surface area contributed by atoms with Gasteiger partial charge in [-0.2, -0.15) is 5.10 Å². The van der Waals surface area contributed by atoms with E-state index in [9.17, 15) is 9.90 Å². The summed E-state index contributed by atoms with van der Waals surface area (Å²) in [6.45, 7) is 6.03. The van der Waals surface area contributed by atoms with Gasteiger partial charge in [-0.3, -0.25) is 9.67 Å². The van der Waals surface area contributed by atoms with Crippen LogP contribution in [0.1, 0.15) is 29.4 Å². The molecule has 0 fully saturated rings. The fourth-order valence-corrected chi connectivity index (χ4v) is 3.27. The molecule has 6 nitrogen and oxygen atoms in total. The molecule has 0 atom stereocenters. The second-order valence-electron chi connectivity index (χ2n) is 7.16. The normalized spacial score (nSPS) is 11.9. The number of aromatic nitrogens is 2. The molecule has 4 aromatic rings. The van der Waals surface area contributed by atoms with Crippen LogP contribution in [0.25, 0.3) is 10.9 Å². The van der Waals surface area contributed by atoms with Crippen molar-refractivity contribution in [2.24, 2.45) is 4.99 Å². The Bertz CT molecular complexity index is 1280. The highest BCUT2D eigenvalue weighted by atomic mass is 16.4. The van der Waals surface area contributed by atoms with Crippen molar-refractivity contribution in [3.63, 3.8) is 0 Å². The van der Waals surface area contributed by atoms with Crippen molar-refractivity contribution in [1.29, 1.82) is 0 Å². The molecule has 1 N–H and O–H groups in total. The molecule has 2 heterocycles. The molecule has 0 aliphatic heterocycles. The van der Waals surface area contributed by atoms with E-state index in [0.29, 0.717) is 23.7 Å². The number of benzene rings is 2. The maximum absolute atomic E-state index is 12.1. The van der Waals surface area contributed by atoms with Crippen molar-refractivity contribution in [2.75, 3.05) is 0 Å². The molecule has 2 aromatic carbocycles. The van der Waals surface area contributed by atoms with E-state index in [1.807, 2.05) is 29.1 Å². The largest absolute Gasteiger partial charge is 0.507 e. The van der Waals surface area contributed by atoms with Crippen LogP contribution in [0.15, 0.2) is 68.9 Å². The number of aryl methyl sites for hydroxylation is 2. The summed E-state index contributed by atoms with van der Waals surface area (Å²) in [6, 6.07) is 15.4.